The average molecular weight is 322 g/mol. The Morgan fingerprint density at radius 1 is 1.21 bits per heavy atom. The fraction of sp³-hybridized carbons (Fsp3) is 0. The number of nitro groups is 1. The molecule has 0 bridgehead atoms. The largest absolute Gasteiger partial charge is 0.449 e. The van der Waals surface area contributed by atoms with Crippen molar-refractivity contribution in [3.05, 3.63) is 62.6 Å². The van der Waals surface area contributed by atoms with E-state index in [1.54, 1.807) is 30.3 Å². The Morgan fingerprint density at radius 2 is 1.95 bits per heavy atom. The van der Waals surface area contributed by atoms with E-state index in [0.717, 1.165) is 0 Å². The van der Waals surface area contributed by atoms with Gasteiger partial charge in [-0.25, -0.2) is 0 Å². The van der Waals surface area contributed by atoms with E-state index in [1.807, 2.05) is 0 Å². The molecule has 19 heavy (non-hydrogen) atoms. The fourth-order valence-corrected chi connectivity index (χ4v) is 1.95. The molecule has 0 spiro atoms. The maximum Gasteiger partial charge on any atom is 0.312 e. The first kappa shape index (κ1) is 13.2. The van der Waals surface area contributed by atoms with Crippen LogP contribution in [0.5, 0.6) is 11.5 Å². The monoisotopic (exact) mass is 321 g/mol. The van der Waals surface area contributed by atoms with Gasteiger partial charge in [0, 0.05) is 11.6 Å². The average Bonchev–Trinajstić information content (AvgIpc) is 2.41. The molecule has 0 N–H and O–H groups in total. The van der Waals surface area contributed by atoms with Crippen LogP contribution in [0.1, 0.15) is 10.4 Å². The molecule has 2 aromatic carbocycles. The van der Waals surface area contributed by atoms with Crippen molar-refractivity contribution in [1.82, 2.24) is 0 Å². The fourth-order valence-electron chi connectivity index (χ4n) is 1.51. The van der Waals surface area contributed by atoms with Gasteiger partial charge in [-0.1, -0.05) is 18.2 Å². The number of hydrogen-bond donors (Lipinski definition) is 0. The Kier molecular flexibility index (Phi) is 3.91. The van der Waals surface area contributed by atoms with E-state index in [0.29, 0.717) is 22.1 Å². The second-order valence-corrected chi connectivity index (χ2v) is 4.49. The second kappa shape index (κ2) is 5.62. The lowest BCUT2D eigenvalue weighted by Gasteiger charge is -2.08. The van der Waals surface area contributed by atoms with Crippen LogP contribution in [0.25, 0.3) is 0 Å². The second-order valence-electron chi connectivity index (χ2n) is 3.64. The summed E-state index contributed by atoms with van der Waals surface area (Å²) in [6.07, 6.45) is 0.682. The van der Waals surface area contributed by atoms with E-state index >= 15 is 0 Å². The van der Waals surface area contributed by atoms with Crippen LogP contribution in [0.2, 0.25) is 0 Å². The number of aldehydes is 1. The van der Waals surface area contributed by atoms with Crippen LogP contribution in [0.4, 0.5) is 5.69 Å². The van der Waals surface area contributed by atoms with Crippen LogP contribution >= 0.6 is 15.9 Å². The lowest BCUT2D eigenvalue weighted by Crippen LogP contribution is -1.94. The van der Waals surface area contributed by atoms with Gasteiger partial charge in [-0.15, -0.1) is 0 Å². The quantitative estimate of drug-likeness (QED) is 0.485. The lowest BCUT2D eigenvalue weighted by molar-refractivity contribution is -0.385. The van der Waals surface area contributed by atoms with Gasteiger partial charge in [0.25, 0.3) is 0 Å². The van der Waals surface area contributed by atoms with Gasteiger partial charge in [-0.05, 0) is 34.1 Å². The zero-order valence-corrected chi connectivity index (χ0v) is 11.2. The van der Waals surface area contributed by atoms with Crippen LogP contribution in [0.15, 0.2) is 46.9 Å². The van der Waals surface area contributed by atoms with E-state index in [1.165, 1.54) is 12.1 Å². The first-order valence-corrected chi connectivity index (χ1v) is 6.07. The maximum absolute atomic E-state index is 10.9. The van der Waals surface area contributed by atoms with E-state index in [9.17, 15) is 14.9 Å². The van der Waals surface area contributed by atoms with Gasteiger partial charge in [0.05, 0.1) is 9.40 Å². The van der Waals surface area contributed by atoms with Crippen molar-refractivity contribution in [1.29, 1.82) is 0 Å². The van der Waals surface area contributed by atoms with E-state index < -0.39 is 4.92 Å². The molecule has 0 fully saturated rings. The Balaban J connectivity index is 2.42. The Hall–Kier alpha value is -2.21. The Morgan fingerprint density at radius 3 is 2.63 bits per heavy atom. The molecule has 0 aromatic heterocycles. The molecule has 2 aromatic rings. The van der Waals surface area contributed by atoms with Gasteiger partial charge in [0.2, 0.25) is 5.75 Å². The third-order valence-corrected chi connectivity index (χ3v) is 2.98. The molecular weight excluding hydrogens is 314 g/mol. The summed E-state index contributed by atoms with van der Waals surface area (Å²) in [7, 11) is 0. The first-order chi connectivity index (χ1) is 9.11. The number of ether oxygens (including phenoxy) is 1. The summed E-state index contributed by atoms with van der Waals surface area (Å²) in [6, 6.07) is 10.9. The minimum atomic E-state index is -0.524. The molecule has 0 saturated heterocycles. The van der Waals surface area contributed by atoms with Crippen molar-refractivity contribution in [2.75, 3.05) is 0 Å². The zero-order valence-electron chi connectivity index (χ0n) is 9.58. The van der Waals surface area contributed by atoms with Gasteiger partial charge < -0.3 is 4.74 Å². The third-order valence-electron chi connectivity index (χ3n) is 2.36. The van der Waals surface area contributed by atoms with Crippen molar-refractivity contribution in [3.8, 4) is 11.5 Å². The number of rotatable bonds is 4. The number of carbonyl (C=O) groups excluding carboxylic acids is 1. The topological polar surface area (TPSA) is 69.4 Å². The normalized spacial score (nSPS) is 9.95. The predicted molar refractivity (Wildman–Crippen MR) is 72.7 cm³/mol. The van der Waals surface area contributed by atoms with Crippen molar-refractivity contribution in [2.45, 2.75) is 0 Å². The number of nitrogens with zero attached hydrogens (tertiary/aromatic N) is 1. The number of benzene rings is 2. The van der Waals surface area contributed by atoms with Crippen LogP contribution in [-0.4, -0.2) is 11.2 Å². The lowest BCUT2D eigenvalue weighted by atomic mass is 10.2. The first-order valence-electron chi connectivity index (χ1n) is 5.28. The highest BCUT2D eigenvalue weighted by molar-refractivity contribution is 9.10. The molecule has 0 amide bonds. The van der Waals surface area contributed by atoms with Crippen molar-refractivity contribution >= 4 is 27.9 Å². The van der Waals surface area contributed by atoms with Crippen LogP contribution in [0, 0.1) is 10.1 Å². The number of halogens is 1. The molecule has 5 nitrogen and oxygen atoms in total. The summed E-state index contributed by atoms with van der Waals surface area (Å²) in [5.41, 5.74) is 0.290. The third kappa shape index (κ3) is 2.97. The van der Waals surface area contributed by atoms with Gasteiger partial charge in [-0.2, -0.15) is 0 Å². The SMILES string of the molecule is O=Cc1cccc(Oc2c(Br)cccc2[N+](=O)[O-])c1. The minimum absolute atomic E-state index is 0.107. The van der Waals surface area contributed by atoms with Gasteiger partial charge in [0.1, 0.15) is 12.0 Å². The van der Waals surface area contributed by atoms with Crippen molar-refractivity contribution in [2.24, 2.45) is 0 Å². The molecule has 0 saturated carbocycles. The summed E-state index contributed by atoms with van der Waals surface area (Å²) in [6.45, 7) is 0. The highest BCUT2D eigenvalue weighted by Crippen LogP contribution is 2.37. The number of para-hydroxylation sites is 1. The minimum Gasteiger partial charge on any atom is -0.449 e. The molecule has 0 aliphatic rings. The highest BCUT2D eigenvalue weighted by Gasteiger charge is 2.18. The molecule has 0 aliphatic heterocycles. The number of hydrogen-bond acceptors (Lipinski definition) is 4. The standard InChI is InChI=1S/C13H8BrNO4/c14-11-5-2-6-12(15(17)18)13(11)19-10-4-1-3-9(7-10)8-16/h1-8H. The predicted octanol–water partition coefficient (Wildman–Crippen LogP) is 3.96. The molecule has 0 aliphatic carbocycles. The Labute approximate surface area is 117 Å². The highest BCUT2D eigenvalue weighted by atomic mass is 79.9. The van der Waals surface area contributed by atoms with Gasteiger partial charge in [0.15, 0.2) is 0 Å². The summed E-state index contributed by atoms with van der Waals surface area (Å²) in [5, 5.41) is 10.9. The molecule has 2 rings (SSSR count). The molecule has 0 radical (unpaired) electrons. The summed E-state index contributed by atoms with van der Waals surface area (Å²) in [4.78, 5) is 21.1. The van der Waals surface area contributed by atoms with Crippen LogP contribution in [-0.2, 0) is 0 Å². The number of nitro benzene ring substituents is 1. The molecule has 96 valence electrons. The smallest absolute Gasteiger partial charge is 0.312 e. The van der Waals surface area contributed by atoms with Gasteiger partial charge >= 0.3 is 5.69 Å². The molecular formula is C13H8BrNO4. The van der Waals surface area contributed by atoms with Crippen LogP contribution < -0.4 is 4.74 Å². The Bertz CT molecular complexity index is 642. The van der Waals surface area contributed by atoms with Crippen molar-refractivity contribution < 1.29 is 14.5 Å². The maximum atomic E-state index is 10.9. The summed E-state index contributed by atoms with van der Waals surface area (Å²) in [5.74, 6) is 0.468. The molecule has 6 heteroatoms. The molecule has 0 atom stereocenters. The van der Waals surface area contributed by atoms with E-state index in [2.05, 4.69) is 15.9 Å². The zero-order chi connectivity index (χ0) is 13.8. The van der Waals surface area contributed by atoms with E-state index in [-0.39, 0.29) is 11.4 Å². The van der Waals surface area contributed by atoms with Crippen molar-refractivity contribution in [3.63, 3.8) is 0 Å². The molecule has 0 heterocycles. The van der Waals surface area contributed by atoms with E-state index in [4.69, 9.17) is 4.74 Å². The molecule has 0 unspecified atom stereocenters. The summed E-state index contributed by atoms with van der Waals surface area (Å²) >= 11 is 3.21. The number of carbonyl (C=O) groups is 1. The van der Waals surface area contributed by atoms with Gasteiger partial charge in [-0.3, -0.25) is 14.9 Å². The van der Waals surface area contributed by atoms with Crippen LogP contribution in [0.3, 0.4) is 0 Å². The summed E-state index contributed by atoms with van der Waals surface area (Å²) < 4.78 is 5.97.